The molecule has 0 bridgehead atoms. The van der Waals surface area contributed by atoms with Gasteiger partial charge in [-0.15, -0.1) is 10.2 Å². The minimum absolute atomic E-state index is 0.0458. The van der Waals surface area contributed by atoms with E-state index in [9.17, 15) is 19.7 Å². The Morgan fingerprint density at radius 2 is 2.04 bits per heavy atom. The predicted octanol–water partition coefficient (Wildman–Crippen LogP) is 2.06. The number of rotatable bonds is 9. The van der Waals surface area contributed by atoms with Crippen molar-refractivity contribution in [1.29, 1.82) is 0 Å². The van der Waals surface area contributed by atoms with Crippen molar-refractivity contribution < 1.29 is 14.5 Å². The van der Waals surface area contributed by atoms with Gasteiger partial charge in [0.15, 0.2) is 5.16 Å². The third-order valence-electron chi connectivity index (χ3n) is 4.27. The van der Waals surface area contributed by atoms with Crippen LogP contribution in [-0.2, 0) is 16.1 Å². The lowest BCUT2D eigenvalue weighted by Gasteiger charge is -2.13. The number of nitrogens with zero attached hydrogens (tertiary/aromatic N) is 4. The van der Waals surface area contributed by atoms with Crippen LogP contribution in [-0.4, -0.2) is 36.8 Å². The SMILES string of the molecule is CC(Sc1nnc(C2CC2)n1CCC(N)=O)C(=O)Nc1ccc([N+](=O)[O-])cc1. The molecule has 2 amide bonds. The van der Waals surface area contributed by atoms with Gasteiger partial charge in [-0.3, -0.25) is 19.7 Å². The van der Waals surface area contributed by atoms with E-state index in [2.05, 4.69) is 15.5 Å². The molecule has 1 aliphatic rings. The fourth-order valence-electron chi connectivity index (χ4n) is 2.58. The molecule has 1 unspecified atom stereocenters. The molecule has 28 heavy (non-hydrogen) atoms. The molecule has 2 aromatic rings. The Bertz CT molecular complexity index is 894. The second-order valence-electron chi connectivity index (χ2n) is 6.54. The van der Waals surface area contributed by atoms with Crippen LogP contribution in [0.1, 0.15) is 37.9 Å². The molecule has 11 heteroatoms. The van der Waals surface area contributed by atoms with Crippen molar-refractivity contribution in [2.75, 3.05) is 5.32 Å². The monoisotopic (exact) mass is 404 g/mol. The fraction of sp³-hybridized carbons (Fsp3) is 0.412. The minimum Gasteiger partial charge on any atom is -0.370 e. The van der Waals surface area contributed by atoms with Crippen LogP contribution in [0.25, 0.3) is 0 Å². The normalized spacial score (nSPS) is 14.5. The van der Waals surface area contributed by atoms with Crippen LogP contribution in [0, 0.1) is 10.1 Å². The van der Waals surface area contributed by atoms with E-state index in [0.29, 0.717) is 23.3 Å². The number of hydrogen-bond acceptors (Lipinski definition) is 7. The number of thioether (sulfide) groups is 1. The van der Waals surface area contributed by atoms with Crippen LogP contribution in [0.3, 0.4) is 0 Å². The molecule has 0 saturated heterocycles. The summed E-state index contributed by atoms with van der Waals surface area (Å²) in [4.78, 5) is 33.8. The summed E-state index contributed by atoms with van der Waals surface area (Å²) in [5.74, 6) is 0.498. The highest BCUT2D eigenvalue weighted by molar-refractivity contribution is 8.00. The van der Waals surface area contributed by atoms with Gasteiger partial charge in [0.2, 0.25) is 11.8 Å². The maximum Gasteiger partial charge on any atom is 0.269 e. The van der Waals surface area contributed by atoms with E-state index in [4.69, 9.17) is 5.73 Å². The van der Waals surface area contributed by atoms with Crippen molar-refractivity contribution in [3.63, 3.8) is 0 Å². The summed E-state index contributed by atoms with van der Waals surface area (Å²) in [6.07, 6.45) is 2.25. The second-order valence-corrected chi connectivity index (χ2v) is 7.84. The summed E-state index contributed by atoms with van der Waals surface area (Å²) in [6.45, 7) is 2.11. The largest absolute Gasteiger partial charge is 0.370 e. The summed E-state index contributed by atoms with van der Waals surface area (Å²) >= 11 is 1.24. The molecule has 0 aliphatic heterocycles. The molecule has 1 aromatic heterocycles. The third-order valence-corrected chi connectivity index (χ3v) is 5.35. The molecule has 0 radical (unpaired) electrons. The Labute approximate surface area is 165 Å². The van der Waals surface area contributed by atoms with Gasteiger partial charge in [0.05, 0.1) is 10.2 Å². The van der Waals surface area contributed by atoms with Crippen LogP contribution in [0.5, 0.6) is 0 Å². The molecule has 148 valence electrons. The molecule has 1 aromatic carbocycles. The third kappa shape index (κ3) is 4.85. The van der Waals surface area contributed by atoms with Crippen molar-refractivity contribution >= 4 is 35.0 Å². The maximum absolute atomic E-state index is 12.5. The quantitative estimate of drug-likeness (QED) is 0.369. The van der Waals surface area contributed by atoms with Gasteiger partial charge in [0, 0.05) is 36.7 Å². The van der Waals surface area contributed by atoms with Gasteiger partial charge in [0.25, 0.3) is 5.69 Å². The van der Waals surface area contributed by atoms with Crippen molar-refractivity contribution in [3.05, 3.63) is 40.2 Å². The number of aromatic nitrogens is 3. The first kappa shape index (κ1) is 19.8. The number of nitro benzene ring substituents is 1. The number of carbonyl (C=O) groups excluding carboxylic acids is 2. The maximum atomic E-state index is 12.5. The smallest absolute Gasteiger partial charge is 0.269 e. The van der Waals surface area contributed by atoms with E-state index < -0.39 is 16.1 Å². The van der Waals surface area contributed by atoms with Crippen LogP contribution in [0.4, 0.5) is 11.4 Å². The van der Waals surface area contributed by atoms with Gasteiger partial charge in [-0.25, -0.2) is 0 Å². The van der Waals surface area contributed by atoms with Gasteiger partial charge < -0.3 is 15.6 Å². The van der Waals surface area contributed by atoms with Crippen molar-refractivity contribution in [2.45, 2.75) is 49.1 Å². The first-order valence-electron chi connectivity index (χ1n) is 8.78. The first-order chi connectivity index (χ1) is 13.3. The Kier molecular flexibility index (Phi) is 5.93. The van der Waals surface area contributed by atoms with Gasteiger partial charge in [-0.05, 0) is 31.9 Å². The van der Waals surface area contributed by atoms with E-state index in [-0.39, 0.29) is 18.0 Å². The number of amides is 2. The number of nitro groups is 1. The highest BCUT2D eigenvalue weighted by atomic mass is 32.2. The number of nitrogens with one attached hydrogen (secondary N) is 1. The lowest BCUT2D eigenvalue weighted by atomic mass is 10.3. The lowest BCUT2D eigenvalue weighted by molar-refractivity contribution is -0.384. The molecule has 1 aliphatic carbocycles. The number of nitrogens with two attached hydrogens (primary N) is 1. The number of benzene rings is 1. The van der Waals surface area contributed by atoms with Gasteiger partial charge in [-0.2, -0.15) is 0 Å². The fourth-order valence-corrected chi connectivity index (χ4v) is 3.47. The molecule has 0 spiro atoms. The van der Waals surface area contributed by atoms with Crippen LogP contribution in [0.2, 0.25) is 0 Å². The van der Waals surface area contributed by atoms with E-state index in [0.717, 1.165) is 18.7 Å². The number of anilines is 1. The standard InChI is InChI=1S/C17H20N6O4S/c1-10(16(25)19-12-4-6-13(7-5-12)23(26)27)28-17-21-20-15(11-2-3-11)22(17)9-8-14(18)24/h4-7,10-11H,2-3,8-9H2,1H3,(H2,18,24)(H,19,25). The molecule has 1 saturated carbocycles. The van der Waals surface area contributed by atoms with Gasteiger partial charge in [-0.1, -0.05) is 11.8 Å². The molecular formula is C17H20N6O4S. The zero-order valence-corrected chi connectivity index (χ0v) is 16.0. The molecule has 1 fully saturated rings. The Balaban J connectivity index is 1.66. The Morgan fingerprint density at radius 3 is 2.61 bits per heavy atom. The zero-order valence-electron chi connectivity index (χ0n) is 15.2. The van der Waals surface area contributed by atoms with Crippen molar-refractivity contribution in [2.24, 2.45) is 5.73 Å². The molecule has 3 rings (SSSR count). The molecule has 1 atom stereocenters. The molecular weight excluding hydrogens is 384 g/mol. The number of carbonyl (C=O) groups is 2. The highest BCUT2D eigenvalue weighted by Gasteiger charge is 2.31. The lowest BCUT2D eigenvalue weighted by Crippen LogP contribution is -2.23. The Morgan fingerprint density at radius 1 is 1.36 bits per heavy atom. The number of primary amides is 1. The topological polar surface area (TPSA) is 146 Å². The van der Waals surface area contributed by atoms with Crippen LogP contribution >= 0.6 is 11.8 Å². The number of hydrogen-bond donors (Lipinski definition) is 2. The Hall–Kier alpha value is -2.95. The predicted molar refractivity (Wildman–Crippen MR) is 103 cm³/mol. The zero-order chi connectivity index (χ0) is 20.3. The van der Waals surface area contributed by atoms with E-state index >= 15 is 0 Å². The minimum atomic E-state index is -0.500. The van der Waals surface area contributed by atoms with E-state index in [1.54, 1.807) is 6.92 Å². The summed E-state index contributed by atoms with van der Waals surface area (Å²) < 4.78 is 1.86. The van der Waals surface area contributed by atoms with Crippen LogP contribution < -0.4 is 11.1 Å². The molecule has 10 nitrogen and oxygen atoms in total. The van der Waals surface area contributed by atoms with Gasteiger partial charge in [0.1, 0.15) is 5.82 Å². The summed E-state index contributed by atoms with van der Waals surface area (Å²) in [5.41, 5.74) is 5.68. The van der Waals surface area contributed by atoms with Crippen LogP contribution in [0.15, 0.2) is 29.4 Å². The van der Waals surface area contributed by atoms with E-state index in [1.165, 1.54) is 36.0 Å². The average molecular weight is 404 g/mol. The van der Waals surface area contributed by atoms with Crippen molar-refractivity contribution in [1.82, 2.24) is 14.8 Å². The number of non-ortho nitro benzene ring substituents is 1. The average Bonchev–Trinajstić information content (AvgIpc) is 3.42. The summed E-state index contributed by atoms with van der Waals surface area (Å²) in [5, 5.41) is 21.9. The van der Waals surface area contributed by atoms with E-state index in [1.807, 2.05) is 4.57 Å². The molecule has 1 heterocycles. The van der Waals surface area contributed by atoms with Crippen molar-refractivity contribution in [3.8, 4) is 0 Å². The second kappa shape index (κ2) is 8.38. The highest BCUT2D eigenvalue weighted by Crippen LogP contribution is 2.40. The summed E-state index contributed by atoms with van der Waals surface area (Å²) in [7, 11) is 0. The first-order valence-corrected chi connectivity index (χ1v) is 9.66. The molecule has 3 N–H and O–H groups in total. The summed E-state index contributed by atoms with van der Waals surface area (Å²) in [6, 6.07) is 5.62. The van der Waals surface area contributed by atoms with Gasteiger partial charge >= 0.3 is 0 Å².